The van der Waals surface area contributed by atoms with Gasteiger partial charge < -0.3 is 11.1 Å². The van der Waals surface area contributed by atoms with Gasteiger partial charge in [0.2, 0.25) is 5.91 Å². The lowest BCUT2D eigenvalue weighted by atomic mass is 10.0. The second-order valence-corrected chi connectivity index (χ2v) is 4.75. The van der Waals surface area contributed by atoms with Crippen LogP contribution in [0.25, 0.3) is 0 Å². The molecule has 0 atom stereocenters. The monoisotopic (exact) mass is 215 g/mol. The van der Waals surface area contributed by atoms with Gasteiger partial charge in [-0.3, -0.25) is 9.69 Å². The normalized spacial score (nSPS) is 12.3. The smallest absolute Gasteiger partial charge is 0.234 e. The third kappa shape index (κ3) is 5.14. The number of hydrogen-bond acceptors (Lipinski definition) is 3. The Kier molecular flexibility index (Phi) is 5.83. The van der Waals surface area contributed by atoms with E-state index in [9.17, 15) is 4.79 Å². The molecule has 0 aromatic carbocycles. The van der Waals surface area contributed by atoms with E-state index >= 15 is 0 Å². The van der Waals surface area contributed by atoms with Crippen molar-refractivity contribution in [3.05, 3.63) is 0 Å². The Bertz CT molecular complexity index is 202. The van der Waals surface area contributed by atoms with E-state index in [1.165, 1.54) is 0 Å². The Labute approximate surface area is 93.2 Å². The maximum Gasteiger partial charge on any atom is 0.234 e. The van der Waals surface area contributed by atoms with Crippen LogP contribution < -0.4 is 11.1 Å². The summed E-state index contributed by atoms with van der Waals surface area (Å²) in [5.41, 5.74) is 5.56. The fourth-order valence-electron chi connectivity index (χ4n) is 1.42. The molecule has 4 nitrogen and oxygen atoms in total. The minimum Gasteiger partial charge on any atom is -0.353 e. The molecule has 1 amide bonds. The minimum absolute atomic E-state index is 0.0633. The molecule has 15 heavy (non-hydrogen) atoms. The van der Waals surface area contributed by atoms with Crippen LogP contribution in [0, 0.1) is 0 Å². The molecular formula is C11H25N3O. The maximum absolute atomic E-state index is 11.6. The highest BCUT2D eigenvalue weighted by atomic mass is 16.2. The molecular weight excluding hydrogens is 190 g/mol. The van der Waals surface area contributed by atoms with Gasteiger partial charge in [-0.25, -0.2) is 0 Å². The number of carbonyl (C=O) groups excluding carboxylic acids is 1. The first-order valence-corrected chi connectivity index (χ1v) is 5.58. The molecule has 4 heteroatoms. The number of carbonyl (C=O) groups is 1. The van der Waals surface area contributed by atoms with Crippen molar-refractivity contribution >= 4 is 5.91 Å². The summed E-state index contributed by atoms with van der Waals surface area (Å²) in [6.45, 7) is 11.9. The first kappa shape index (κ1) is 14.4. The van der Waals surface area contributed by atoms with Crippen molar-refractivity contribution in [2.24, 2.45) is 5.73 Å². The zero-order chi connectivity index (χ0) is 12.1. The van der Waals surface area contributed by atoms with E-state index in [1.54, 1.807) is 0 Å². The predicted molar refractivity (Wildman–Crippen MR) is 63.7 cm³/mol. The van der Waals surface area contributed by atoms with Crippen molar-refractivity contribution < 1.29 is 4.79 Å². The molecule has 0 saturated carbocycles. The topological polar surface area (TPSA) is 58.4 Å². The molecule has 0 aromatic heterocycles. The highest BCUT2D eigenvalue weighted by Crippen LogP contribution is 2.11. The lowest BCUT2D eigenvalue weighted by Crippen LogP contribution is -2.53. The highest BCUT2D eigenvalue weighted by Gasteiger charge is 2.25. The van der Waals surface area contributed by atoms with Crippen molar-refractivity contribution in [3.63, 3.8) is 0 Å². The van der Waals surface area contributed by atoms with Gasteiger partial charge in [0.05, 0.1) is 6.54 Å². The molecule has 0 aliphatic carbocycles. The average Bonchev–Trinajstić information content (AvgIpc) is 2.12. The molecule has 0 radical (unpaired) electrons. The lowest BCUT2D eigenvalue weighted by Gasteiger charge is -2.36. The van der Waals surface area contributed by atoms with Crippen LogP contribution in [0.4, 0.5) is 0 Å². The molecule has 3 N–H and O–H groups in total. The SMILES string of the molecule is CCN(CC(=O)NC(C)C)C(C)(C)CN. The van der Waals surface area contributed by atoms with E-state index in [1.807, 2.05) is 20.8 Å². The van der Waals surface area contributed by atoms with Crippen molar-refractivity contribution in [2.75, 3.05) is 19.6 Å². The van der Waals surface area contributed by atoms with Crippen LogP contribution in [0.1, 0.15) is 34.6 Å². The number of nitrogens with two attached hydrogens (primary N) is 1. The first-order chi connectivity index (χ1) is 6.83. The zero-order valence-electron chi connectivity index (χ0n) is 10.6. The van der Waals surface area contributed by atoms with Crippen LogP contribution in [-0.2, 0) is 4.79 Å². The Morgan fingerprint density at radius 3 is 2.33 bits per heavy atom. The van der Waals surface area contributed by atoms with Crippen LogP contribution >= 0.6 is 0 Å². The summed E-state index contributed by atoms with van der Waals surface area (Å²) >= 11 is 0. The van der Waals surface area contributed by atoms with Crippen LogP contribution in [-0.4, -0.2) is 42.0 Å². The van der Waals surface area contributed by atoms with E-state index in [0.717, 1.165) is 6.54 Å². The predicted octanol–water partition coefficient (Wildman–Crippen LogP) is 0.570. The van der Waals surface area contributed by atoms with Gasteiger partial charge in [0.25, 0.3) is 0 Å². The highest BCUT2D eigenvalue weighted by molar-refractivity contribution is 5.78. The molecule has 0 bridgehead atoms. The average molecular weight is 215 g/mol. The van der Waals surface area contributed by atoms with Crippen molar-refractivity contribution in [1.82, 2.24) is 10.2 Å². The first-order valence-electron chi connectivity index (χ1n) is 5.58. The van der Waals surface area contributed by atoms with Gasteiger partial charge in [0.15, 0.2) is 0 Å². The number of rotatable bonds is 6. The Morgan fingerprint density at radius 2 is 2.00 bits per heavy atom. The second kappa shape index (κ2) is 6.08. The third-order valence-electron chi connectivity index (χ3n) is 2.52. The summed E-state index contributed by atoms with van der Waals surface area (Å²) in [4.78, 5) is 13.7. The minimum atomic E-state index is -0.122. The fraction of sp³-hybridized carbons (Fsp3) is 0.909. The number of amides is 1. The van der Waals surface area contributed by atoms with Gasteiger partial charge in [-0.15, -0.1) is 0 Å². The summed E-state index contributed by atoms with van der Waals surface area (Å²) < 4.78 is 0. The largest absolute Gasteiger partial charge is 0.353 e. The number of nitrogens with one attached hydrogen (secondary N) is 1. The Hall–Kier alpha value is -0.610. The molecule has 0 rings (SSSR count). The summed E-state index contributed by atoms with van der Waals surface area (Å²) in [6, 6.07) is 0.192. The molecule has 0 aliphatic heterocycles. The van der Waals surface area contributed by atoms with Crippen molar-refractivity contribution in [1.29, 1.82) is 0 Å². The van der Waals surface area contributed by atoms with Gasteiger partial charge >= 0.3 is 0 Å². The number of nitrogens with zero attached hydrogens (tertiary/aromatic N) is 1. The molecule has 0 aliphatic rings. The van der Waals surface area contributed by atoms with Crippen molar-refractivity contribution in [3.8, 4) is 0 Å². The standard InChI is InChI=1S/C11H25N3O/c1-6-14(11(4,5)8-12)7-10(15)13-9(2)3/h9H,6-8,12H2,1-5H3,(H,13,15). The molecule has 0 unspecified atom stereocenters. The van der Waals surface area contributed by atoms with Crippen LogP contribution in [0.3, 0.4) is 0 Å². The molecule has 0 heterocycles. The summed E-state index contributed by atoms with van der Waals surface area (Å²) in [6.07, 6.45) is 0. The summed E-state index contributed by atoms with van der Waals surface area (Å²) in [7, 11) is 0. The van der Waals surface area contributed by atoms with Gasteiger partial charge in [-0.1, -0.05) is 6.92 Å². The third-order valence-corrected chi connectivity index (χ3v) is 2.52. The maximum atomic E-state index is 11.6. The molecule has 90 valence electrons. The van der Waals surface area contributed by atoms with E-state index in [2.05, 4.69) is 24.1 Å². The molecule has 0 fully saturated rings. The van der Waals surface area contributed by atoms with Gasteiger partial charge in [-0.2, -0.15) is 0 Å². The van der Waals surface area contributed by atoms with Gasteiger partial charge in [0, 0.05) is 18.1 Å². The van der Waals surface area contributed by atoms with E-state index in [0.29, 0.717) is 13.1 Å². The summed E-state index contributed by atoms with van der Waals surface area (Å²) in [5, 5.41) is 2.88. The molecule has 0 aromatic rings. The Balaban J connectivity index is 4.27. The van der Waals surface area contributed by atoms with E-state index < -0.39 is 0 Å². The lowest BCUT2D eigenvalue weighted by molar-refractivity contribution is -0.124. The zero-order valence-corrected chi connectivity index (χ0v) is 10.6. The van der Waals surface area contributed by atoms with Gasteiger partial charge in [-0.05, 0) is 34.2 Å². The fourth-order valence-corrected chi connectivity index (χ4v) is 1.42. The van der Waals surface area contributed by atoms with Crippen LogP contribution in [0.2, 0.25) is 0 Å². The summed E-state index contributed by atoms with van der Waals surface area (Å²) in [5.74, 6) is 0.0633. The van der Waals surface area contributed by atoms with Gasteiger partial charge in [0.1, 0.15) is 0 Å². The molecule has 0 saturated heterocycles. The Morgan fingerprint density at radius 1 is 1.47 bits per heavy atom. The number of hydrogen-bond donors (Lipinski definition) is 2. The molecule has 0 spiro atoms. The van der Waals surface area contributed by atoms with E-state index in [-0.39, 0.29) is 17.5 Å². The quantitative estimate of drug-likeness (QED) is 0.681. The van der Waals surface area contributed by atoms with Crippen LogP contribution in [0.15, 0.2) is 0 Å². The van der Waals surface area contributed by atoms with Crippen molar-refractivity contribution in [2.45, 2.75) is 46.2 Å². The van der Waals surface area contributed by atoms with Crippen LogP contribution in [0.5, 0.6) is 0 Å². The number of likely N-dealkylation sites (N-methyl/N-ethyl adjacent to an activating group) is 1. The second-order valence-electron chi connectivity index (χ2n) is 4.75. The van der Waals surface area contributed by atoms with E-state index in [4.69, 9.17) is 5.73 Å².